The Labute approximate surface area is 111 Å². The summed E-state index contributed by atoms with van der Waals surface area (Å²) in [6.45, 7) is 5.10. The lowest BCUT2D eigenvalue weighted by molar-refractivity contribution is -0.137. The zero-order chi connectivity index (χ0) is 13.2. The summed E-state index contributed by atoms with van der Waals surface area (Å²) in [7, 11) is 0. The van der Waals surface area contributed by atoms with Gasteiger partial charge in [0.1, 0.15) is 11.6 Å². The number of carbonyl (C=O) groups is 1. The molecule has 0 radical (unpaired) electrons. The van der Waals surface area contributed by atoms with Gasteiger partial charge in [0.05, 0.1) is 5.52 Å². The molecule has 0 bridgehead atoms. The van der Waals surface area contributed by atoms with E-state index >= 15 is 0 Å². The molecule has 2 aromatic rings. The molecule has 0 saturated carbocycles. The first-order chi connectivity index (χ1) is 9.31. The van der Waals surface area contributed by atoms with Crippen molar-refractivity contribution in [3.05, 3.63) is 36.9 Å². The number of aromatic nitrogens is 3. The Bertz CT molecular complexity index is 619. The van der Waals surface area contributed by atoms with Crippen LogP contribution < -0.4 is 0 Å². The van der Waals surface area contributed by atoms with Gasteiger partial charge in [-0.25, -0.2) is 4.68 Å². The molecule has 1 amide bonds. The molecule has 5 heteroatoms. The fourth-order valence-corrected chi connectivity index (χ4v) is 2.60. The average molecular weight is 256 g/mol. The Morgan fingerprint density at radius 2 is 2.26 bits per heavy atom. The largest absolute Gasteiger partial charge is 0.337 e. The van der Waals surface area contributed by atoms with Gasteiger partial charge in [-0.05, 0) is 25.0 Å². The quantitative estimate of drug-likeness (QED) is 0.787. The average Bonchev–Trinajstić information content (AvgIpc) is 2.85. The number of likely N-dealkylation sites (tertiary alicyclic amines) is 1. The first kappa shape index (κ1) is 11.9. The van der Waals surface area contributed by atoms with Crippen LogP contribution in [0.2, 0.25) is 0 Å². The molecule has 3 rings (SSSR count). The maximum atomic E-state index is 12.4. The summed E-state index contributed by atoms with van der Waals surface area (Å²) in [6.07, 6.45) is 3.57. The minimum absolute atomic E-state index is 0.113. The van der Waals surface area contributed by atoms with E-state index in [2.05, 4.69) is 16.9 Å². The first-order valence-corrected chi connectivity index (χ1v) is 6.51. The molecule has 1 saturated heterocycles. The van der Waals surface area contributed by atoms with Gasteiger partial charge in [0.2, 0.25) is 5.91 Å². The Morgan fingerprint density at radius 1 is 1.42 bits per heavy atom. The molecule has 1 aromatic carbocycles. The van der Waals surface area contributed by atoms with Gasteiger partial charge in [-0.1, -0.05) is 23.4 Å². The third-order valence-corrected chi connectivity index (χ3v) is 3.52. The number of carbonyl (C=O) groups excluding carboxylic acids is 1. The van der Waals surface area contributed by atoms with E-state index < -0.39 is 0 Å². The molecule has 5 nitrogen and oxygen atoms in total. The number of fused-ring (bicyclic) bond motifs is 1. The van der Waals surface area contributed by atoms with Crippen LogP contribution in [0.5, 0.6) is 0 Å². The van der Waals surface area contributed by atoms with Gasteiger partial charge >= 0.3 is 0 Å². The molecule has 98 valence electrons. The molecule has 1 fully saturated rings. The van der Waals surface area contributed by atoms with Gasteiger partial charge in [-0.3, -0.25) is 4.79 Å². The van der Waals surface area contributed by atoms with E-state index in [9.17, 15) is 4.79 Å². The molecule has 2 heterocycles. The molecule has 0 N–H and O–H groups in total. The standard InChI is InChI=1S/C14H16N4O/c1-2-9-17-10-5-8-13(14(17)19)18-12-7-4-3-6-11(12)15-16-18/h2-4,6-7,13H,1,5,8-10H2. The van der Waals surface area contributed by atoms with Gasteiger partial charge in [0.25, 0.3) is 0 Å². The highest BCUT2D eigenvalue weighted by Crippen LogP contribution is 2.25. The van der Waals surface area contributed by atoms with E-state index in [-0.39, 0.29) is 11.9 Å². The fourth-order valence-electron chi connectivity index (χ4n) is 2.60. The smallest absolute Gasteiger partial charge is 0.247 e. The van der Waals surface area contributed by atoms with Crippen LogP contribution in [0.3, 0.4) is 0 Å². The normalized spacial score (nSPS) is 19.9. The minimum atomic E-state index is -0.235. The van der Waals surface area contributed by atoms with Crippen molar-refractivity contribution in [2.45, 2.75) is 18.9 Å². The lowest BCUT2D eigenvalue weighted by Gasteiger charge is -2.31. The molecule has 1 unspecified atom stereocenters. The van der Waals surface area contributed by atoms with Crippen molar-refractivity contribution in [3.8, 4) is 0 Å². The highest BCUT2D eigenvalue weighted by Gasteiger charge is 2.31. The Kier molecular flexibility index (Phi) is 3.03. The number of piperidine rings is 1. The molecule has 1 aliphatic heterocycles. The van der Waals surface area contributed by atoms with E-state index in [1.165, 1.54) is 0 Å². The van der Waals surface area contributed by atoms with Gasteiger partial charge in [0.15, 0.2) is 0 Å². The maximum absolute atomic E-state index is 12.4. The second-order valence-electron chi connectivity index (χ2n) is 4.75. The van der Waals surface area contributed by atoms with Crippen LogP contribution in [0.4, 0.5) is 0 Å². The zero-order valence-corrected chi connectivity index (χ0v) is 10.7. The van der Waals surface area contributed by atoms with Crippen LogP contribution in [0.25, 0.3) is 11.0 Å². The van der Waals surface area contributed by atoms with E-state index in [1.54, 1.807) is 10.8 Å². The summed E-state index contributed by atoms with van der Waals surface area (Å²) in [5.41, 5.74) is 1.75. The van der Waals surface area contributed by atoms with Crippen LogP contribution >= 0.6 is 0 Å². The van der Waals surface area contributed by atoms with E-state index in [0.29, 0.717) is 6.54 Å². The molecule has 1 aliphatic rings. The van der Waals surface area contributed by atoms with Gasteiger partial charge in [-0.15, -0.1) is 11.7 Å². The third-order valence-electron chi connectivity index (χ3n) is 3.52. The molecule has 0 aliphatic carbocycles. The number of para-hydroxylation sites is 1. The van der Waals surface area contributed by atoms with Gasteiger partial charge in [0, 0.05) is 13.1 Å². The van der Waals surface area contributed by atoms with Gasteiger partial charge < -0.3 is 4.90 Å². The monoisotopic (exact) mass is 256 g/mol. The molecular weight excluding hydrogens is 240 g/mol. The number of benzene rings is 1. The van der Waals surface area contributed by atoms with Crippen molar-refractivity contribution in [1.29, 1.82) is 0 Å². The van der Waals surface area contributed by atoms with E-state index in [1.807, 2.05) is 29.2 Å². The summed E-state index contributed by atoms with van der Waals surface area (Å²) < 4.78 is 1.76. The molecule has 1 atom stereocenters. The third kappa shape index (κ3) is 2.01. The van der Waals surface area contributed by atoms with Crippen molar-refractivity contribution >= 4 is 16.9 Å². The predicted octanol–water partition coefficient (Wildman–Crippen LogP) is 1.78. The second kappa shape index (κ2) is 4.84. The van der Waals surface area contributed by atoms with Crippen LogP contribution in [-0.2, 0) is 4.79 Å². The van der Waals surface area contributed by atoms with Crippen molar-refractivity contribution in [2.24, 2.45) is 0 Å². The Morgan fingerprint density at radius 3 is 3.11 bits per heavy atom. The maximum Gasteiger partial charge on any atom is 0.247 e. The number of nitrogens with zero attached hydrogens (tertiary/aromatic N) is 4. The lowest BCUT2D eigenvalue weighted by atomic mass is 10.0. The first-order valence-electron chi connectivity index (χ1n) is 6.51. The molecule has 19 heavy (non-hydrogen) atoms. The summed E-state index contributed by atoms with van der Waals surface area (Å²) in [4.78, 5) is 14.3. The Balaban J connectivity index is 1.96. The van der Waals surface area contributed by atoms with Crippen LogP contribution in [-0.4, -0.2) is 38.9 Å². The second-order valence-corrected chi connectivity index (χ2v) is 4.75. The number of amides is 1. The fraction of sp³-hybridized carbons (Fsp3) is 0.357. The van der Waals surface area contributed by atoms with Crippen LogP contribution in [0.15, 0.2) is 36.9 Å². The van der Waals surface area contributed by atoms with Gasteiger partial charge in [-0.2, -0.15) is 0 Å². The SMILES string of the molecule is C=CCN1CCCC(n2nnc3ccccc32)C1=O. The van der Waals surface area contributed by atoms with Crippen molar-refractivity contribution in [3.63, 3.8) is 0 Å². The molecule has 1 aromatic heterocycles. The molecular formula is C14H16N4O. The molecule has 0 spiro atoms. The summed E-state index contributed by atoms with van der Waals surface area (Å²) in [6, 6.07) is 7.49. The highest BCUT2D eigenvalue weighted by atomic mass is 16.2. The van der Waals surface area contributed by atoms with E-state index in [4.69, 9.17) is 0 Å². The van der Waals surface area contributed by atoms with Crippen LogP contribution in [0.1, 0.15) is 18.9 Å². The van der Waals surface area contributed by atoms with Crippen molar-refractivity contribution < 1.29 is 4.79 Å². The number of hydrogen-bond acceptors (Lipinski definition) is 3. The van der Waals surface area contributed by atoms with E-state index in [0.717, 1.165) is 30.4 Å². The minimum Gasteiger partial charge on any atom is -0.337 e. The summed E-state index contributed by atoms with van der Waals surface area (Å²) >= 11 is 0. The lowest BCUT2D eigenvalue weighted by Crippen LogP contribution is -2.42. The van der Waals surface area contributed by atoms with Crippen LogP contribution in [0, 0.1) is 0 Å². The summed E-state index contributed by atoms with van der Waals surface area (Å²) in [5, 5.41) is 8.28. The Hall–Kier alpha value is -2.17. The van der Waals surface area contributed by atoms with Crippen molar-refractivity contribution in [2.75, 3.05) is 13.1 Å². The number of hydrogen-bond donors (Lipinski definition) is 0. The zero-order valence-electron chi connectivity index (χ0n) is 10.7. The predicted molar refractivity (Wildman–Crippen MR) is 72.6 cm³/mol. The van der Waals surface area contributed by atoms with Crippen molar-refractivity contribution in [1.82, 2.24) is 19.9 Å². The topological polar surface area (TPSA) is 51.0 Å². The summed E-state index contributed by atoms with van der Waals surface area (Å²) in [5.74, 6) is 0.113. The number of rotatable bonds is 3. The highest BCUT2D eigenvalue weighted by molar-refractivity contribution is 5.84.